The lowest BCUT2D eigenvalue weighted by molar-refractivity contribution is -0.114. The van der Waals surface area contributed by atoms with Gasteiger partial charge in [-0.1, -0.05) is 38.1 Å². The van der Waals surface area contributed by atoms with Crippen molar-refractivity contribution in [3.8, 4) is 5.75 Å². The van der Waals surface area contributed by atoms with E-state index in [0.29, 0.717) is 23.9 Å². The maximum Gasteiger partial charge on any atom is 0.221 e. The highest BCUT2D eigenvalue weighted by Crippen LogP contribution is 2.23. The molecule has 178 valence electrons. The summed E-state index contributed by atoms with van der Waals surface area (Å²) in [6.45, 7) is 8.17. The maximum atomic E-state index is 12.9. The van der Waals surface area contributed by atoms with Gasteiger partial charge in [0.2, 0.25) is 5.91 Å². The van der Waals surface area contributed by atoms with Gasteiger partial charge in [0, 0.05) is 30.6 Å². The van der Waals surface area contributed by atoms with Crippen LogP contribution >= 0.6 is 0 Å². The summed E-state index contributed by atoms with van der Waals surface area (Å²) in [5, 5.41) is 13.1. The first-order valence-electron chi connectivity index (χ1n) is 11.8. The Hall–Kier alpha value is -2.70. The fourth-order valence-electron chi connectivity index (χ4n) is 4.27. The van der Waals surface area contributed by atoms with E-state index in [1.165, 1.54) is 12.5 Å². The molecule has 0 spiro atoms. The van der Waals surface area contributed by atoms with Crippen LogP contribution in [0.2, 0.25) is 0 Å². The lowest BCUT2D eigenvalue weighted by Crippen LogP contribution is -2.42. The Kier molecular flexibility index (Phi) is 9.03. The van der Waals surface area contributed by atoms with Crippen LogP contribution in [0.5, 0.6) is 5.75 Å². The third-order valence-electron chi connectivity index (χ3n) is 5.93. The smallest absolute Gasteiger partial charge is 0.221 e. The average Bonchev–Trinajstić information content (AvgIpc) is 2.78. The molecule has 33 heavy (non-hydrogen) atoms. The largest absolute Gasteiger partial charge is 0.491 e. The summed E-state index contributed by atoms with van der Waals surface area (Å²) < 4.78 is 5.68. The number of ether oxygens (including phenoxy) is 1. The number of aliphatic hydroxyl groups excluding tert-OH is 1. The number of amides is 1. The van der Waals surface area contributed by atoms with Crippen LogP contribution in [0, 0.1) is 11.8 Å². The third kappa shape index (κ3) is 7.98. The fraction of sp³-hybridized carbons (Fsp3) is 0.481. The zero-order chi connectivity index (χ0) is 23.8. The van der Waals surface area contributed by atoms with Crippen molar-refractivity contribution >= 4 is 17.4 Å². The fourth-order valence-corrected chi connectivity index (χ4v) is 4.27. The molecule has 1 atom stereocenters. The van der Waals surface area contributed by atoms with Gasteiger partial charge in [0.25, 0.3) is 0 Å². The zero-order valence-electron chi connectivity index (χ0n) is 19.9. The number of benzene rings is 2. The number of ketones is 1. The Morgan fingerprint density at radius 3 is 2.27 bits per heavy atom. The monoisotopic (exact) mass is 452 g/mol. The lowest BCUT2D eigenvalue weighted by atomic mass is 9.88. The Balaban J connectivity index is 1.39. The second-order valence-corrected chi connectivity index (χ2v) is 9.40. The normalized spacial score (nSPS) is 15.9. The lowest BCUT2D eigenvalue weighted by Gasteiger charge is -2.32. The van der Waals surface area contributed by atoms with Gasteiger partial charge in [-0.15, -0.1) is 0 Å². The summed E-state index contributed by atoms with van der Waals surface area (Å²) in [5.41, 5.74) is 2.79. The molecule has 1 saturated heterocycles. The molecule has 2 aromatic carbocycles. The molecule has 6 heteroatoms. The van der Waals surface area contributed by atoms with Crippen molar-refractivity contribution in [3.05, 3.63) is 59.7 Å². The van der Waals surface area contributed by atoms with Gasteiger partial charge in [-0.25, -0.2) is 0 Å². The number of Topliss-reactive ketones (excluding diaryl/α,β-unsaturated/α-hetero) is 1. The Bertz CT molecular complexity index is 901. The molecular formula is C27H36N2O4. The molecule has 0 radical (unpaired) electrons. The van der Waals surface area contributed by atoms with Gasteiger partial charge >= 0.3 is 0 Å². The molecule has 2 aromatic rings. The van der Waals surface area contributed by atoms with Gasteiger partial charge in [-0.05, 0) is 68.1 Å². The topological polar surface area (TPSA) is 78.9 Å². The van der Waals surface area contributed by atoms with Crippen molar-refractivity contribution in [1.82, 2.24) is 4.90 Å². The predicted octanol–water partition coefficient (Wildman–Crippen LogP) is 4.18. The summed E-state index contributed by atoms with van der Waals surface area (Å²) in [7, 11) is 0. The molecule has 6 nitrogen and oxygen atoms in total. The highest BCUT2D eigenvalue weighted by atomic mass is 16.5. The second-order valence-electron chi connectivity index (χ2n) is 9.40. The van der Waals surface area contributed by atoms with Gasteiger partial charge in [0.1, 0.15) is 18.5 Å². The van der Waals surface area contributed by atoms with Crippen LogP contribution in [0.4, 0.5) is 5.69 Å². The highest BCUT2D eigenvalue weighted by Gasteiger charge is 2.26. The van der Waals surface area contributed by atoms with Crippen molar-refractivity contribution in [2.75, 3.05) is 31.6 Å². The highest BCUT2D eigenvalue weighted by molar-refractivity contribution is 5.98. The van der Waals surface area contributed by atoms with Crippen molar-refractivity contribution < 1.29 is 19.4 Å². The summed E-state index contributed by atoms with van der Waals surface area (Å²) >= 11 is 0. The Morgan fingerprint density at radius 2 is 1.70 bits per heavy atom. The quantitative estimate of drug-likeness (QED) is 0.529. The minimum Gasteiger partial charge on any atom is -0.491 e. The zero-order valence-corrected chi connectivity index (χ0v) is 19.9. The summed E-state index contributed by atoms with van der Waals surface area (Å²) in [4.78, 5) is 26.2. The Labute approximate surface area is 196 Å². The van der Waals surface area contributed by atoms with Crippen molar-refractivity contribution in [2.24, 2.45) is 11.8 Å². The number of carbonyl (C=O) groups excluding carboxylic acids is 2. The van der Waals surface area contributed by atoms with Crippen LogP contribution in [-0.2, 0) is 11.2 Å². The van der Waals surface area contributed by atoms with Gasteiger partial charge < -0.3 is 20.1 Å². The number of nitrogens with one attached hydrogen (secondary N) is 1. The number of β-amino-alcohol motifs (C(OH)–C–C–N with tert-alkyl or cyclic N) is 1. The first-order chi connectivity index (χ1) is 15.8. The van der Waals surface area contributed by atoms with Crippen LogP contribution in [-0.4, -0.2) is 54.0 Å². The number of rotatable bonds is 10. The number of hydrogen-bond acceptors (Lipinski definition) is 5. The van der Waals surface area contributed by atoms with Gasteiger partial charge in [-0.2, -0.15) is 0 Å². The molecule has 1 aliphatic rings. The van der Waals surface area contributed by atoms with E-state index in [-0.39, 0.29) is 24.2 Å². The molecule has 1 amide bonds. The molecular weight excluding hydrogens is 416 g/mol. The number of likely N-dealkylation sites (tertiary alicyclic amines) is 1. The molecule has 1 heterocycles. The van der Waals surface area contributed by atoms with Gasteiger partial charge in [-0.3, -0.25) is 9.59 Å². The second kappa shape index (κ2) is 12.0. The van der Waals surface area contributed by atoms with Crippen LogP contribution in [0.15, 0.2) is 48.5 Å². The first kappa shape index (κ1) is 24.9. The SMILES string of the molecule is CC(=O)Nc1ccc(OC[C@H](O)CN2CCC(C(=O)c3ccc(CC(C)C)cc3)CC2)cc1. The van der Waals surface area contributed by atoms with Crippen LogP contribution in [0.3, 0.4) is 0 Å². The van der Waals surface area contributed by atoms with Crippen LogP contribution in [0.25, 0.3) is 0 Å². The molecule has 1 aliphatic heterocycles. The maximum absolute atomic E-state index is 12.9. The molecule has 2 N–H and O–H groups in total. The van der Waals surface area contributed by atoms with E-state index in [1.54, 1.807) is 24.3 Å². The molecule has 0 bridgehead atoms. The predicted molar refractivity (Wildman–Crippen MR) is 131 cm³/mol. The minimum atomic E-state index is -0.610. The van der Waals surface area contributed by atoms with Gasteiger partial charge in [0.15, 0.2) is 5.78 Å². The number of nitrogens with zero attached hydrogens (tertiary/aromatic N) is 1. The number of aliphatic hydroxyl groups is 1. The average molecular weight is 453 g/mol. The minimum absolute atomic E-state index is 0.0488. The number of hydrogen-bond donors (Lipinski definition) is 2. The van der Waals surface area contributed by atoms with E-state index in [0.717, 1.165) is 37.9 Å². The summed E-state index contributed by atoms with van der Waals surface area (Å²) in [5.74, 6) is 1.41. The summed E-state index contributed by atoms with van der Waals surface area (Å²) in [6, 6.07) is 15.2. The van der Waals surface area contributed by atoms with E-state index in [9.17, 15) is 14.7 Å². The van der Waals surface area contributed by atoms with Crippen molar-refractivity contribution in [2.45, 2.75) is 46.1 Å². The van der Waals surface area contributed by atoms with E-state index >= 15 is 0 Å². The molecule has 0 unspecified atom stereocenters. The van der Waals surface area contributed by atoms with Gasteiger partial charge in [0.05, 0.1) is 0 Å². The third-order valence-corrected chi connectivity index (χ3v) is 5.93. The van der Waals surface area contributed by atoms with Crippen LogP contribution in [0.1, 0.15) is 49.5 Å². The van der Waals surface area contributed by atoms with E-state index in [2.05, 4.69) is 36.2 Å². The van der Waals surface area contributed by atoms with E-state index in [4.69, 9.17) is 4.74 Å². The summed E-state index contributed by atoms with van der Waals surface area (Å²) in [6.07, 6.45) is 2.04. The standard InChI is InChI=1S/C27H36N2O4/c1-19(2)16-21-4-6-22(7-5-21)27(32)23-12-14-29(15-13-23)17-25(31)18-33-26-10-8-24(9-11-26)28-20(3)30/h4-11,19,23,25,31H,12-18H2,1-3H3,(H,28,30)/t25-/m1/s1. The number of piperidine rings is 1. The van der Waals surface area contributed by atoms with Crippen molar-refractivity contribution in [1.29, 1.82) is 0 Å². The molecule has 3 rings (SSSR count). The Morgan fingerprint density at radius 1 is 1.06 bits per heavy atom. The van der Waals surface area contributed by atoms with Crippen molar-refractivity contribution in [3.63, 3.8) is 0 Å². The number of anilines is 1. The molecule has 0 saturated carbocycles. The molecule has 1 fully saturated rings. The molecule has 0 aromatic heterocycles. The van der Waals surface area contributed by atoms with E-state index in [1.807, 2.05) is 12.1 Å². The van der Waals surface area contributed by atoms with E-state index < -0.39 is 6.10 Å². The first-order valence-corrected chi connectivity index (χ1v) is 11.8. The molecule has 0 aliphatic carbocycles. The number of carbonyl (C=O) groups is 2. The van der Waals surface area contributed by atoms with Crippen LogP contribution < -0.4 is 10.1 Å².